The Bertz CT molecular complexity index is 1110. The quantitative estimate of drug-likeness (QED) is 0.462. The van der Waals surface area contributed by atoms with Gasteiger partial charge in [-0.1, -0.05) is 37.7 Å². The van der Waals surface area contributed by atoms with Crippen molar-refractivity contribution >= 4 is 29.3 Å². The summed E-state index contributed by atoms with van der Waals surface area (Å²) in [7, 11) is 3.42. The Balaban J connectivity index is 1.65. The highest BCUT2D eigenvalue weighted by atomic mass is 32.2. The molecule has 0 radical (unpaired) electrons. The third-order valence-corrected chi connectivity index (χ3v) is 6.11. The molecule has 0 bridgehead atoms. The molecule has 1 aromatic heterocycles. The molecule has 0 spiro atoms. The summed E-state index contributed by atoms with van der Waals surface area (Å²) < 4.78 is 6.97. The van der Waals surface area contributed by atoms with Crippen LogP contribution in [0.15, 0.2) is 53.7 Å². The predicted octanol–water partition coefficient (Wildman–Crippen LogP) is 3.99. The van der Waals surface area contributed by atoms with Gasteiger partial charge in [0.1, 0.15) is 5.75 Å². The van der Waals surface area contributed by atoms with Crippen LogP contribution in [0, 0.1) is 12.8 Å². The van der Waals surface area contributed by atoms with Crippen molar-refractivity contribution in [1.29, 1.82) is 0 Å². The smallest absolute Gasteiger partial charge is 0.251 e. The molecule has 0 saturated carbocycles. The first-order valence-electron chi connectivity index (χ1n) is 10.6. The van der Waals surface area contributed by atoms with E-state index >= 15 is 0 Å². The Hall–Kier alpha value is -3.33. The average molecular weight is 468 g/mol. The number of nitrogens with zero attached hydrogens (tertiary/aromatic N) is 3. The summed E-state index contributed by atoms with van der Waals surface area (Å²) in [6.07, 6.45) is 0. The molecule has 0 aliphatic carbocycles. The van der Waals surface area contributed by atoms with Crippen LogP contribution >= 0.6 is 11.8 Å². The summed E-state index contributed by atoms with van der Waals surface area (Å²) in [5, 5.41) is 15.1. The number of aryl methyl sites for hydroxylation is 1. The third-order valence-electron chi connectivity index (χ3n) is 5.09. The van der Waals surface area contributed by atoms with Gasteiger partial charge in [-0.3, -0.25) is 9.59 Å². The number of amides is 2. The molecule has 0 saturated heterocycles. The highest BCUT2D eigenvalue weighted by Gasteiger charge is 2.25. The first-order valence-corrected chi connectivity index (χ1v) is 11.6. The second-order valence-electron chi connectivity index (χ2n) is 8.03. The van der Waals surface area contributed by atoms with Gasteiger partial charge >= 0.3 is 0 Å². The summed E-state index contributed by atoms with van der Waals surface area (Å²) in [5.41, 5.74) is 2.38. The number of ether oxygens (including phenoxy) is 1. The maximum atomic E-state index is 12.8. The molecule has 2 aromatic carbocycles. The van der Waals surface area contributed by atoms with Crippen LogP contribution in [-0.4, -0.2) is 39.4 Å². The van der Waals surface area contributed by atoms with Crippen LogP contribution in [0.25, 0.3) is 0 Å². The van der Waals surface area contributed by atoms with E-state index in [9.17, 15) is 9.59 Å². The Kier molecular flexibility index (Phi) is 8.11. The second kappa shape index (κ2) is 11.0. The van der Waals surface area contributed by atoms with Gasteiger partial charge in [0.05, 0.1) is 18.9 Å². The van der Waals surface area contributed by atoms with Crippen LogP contribution in [0.3, 0.4) is 0 Å². The molecular weight excluding hydrogens is 438 g/mol. The number of benzene rings is 2. The van der Waals surface area contributed by atoms with E-state index in [-0.39, 0.29) is 29.5 Å². The third kappa shape index (κ3) is 6.35. The number of methoxy groups -OCH3 is 1. The summed E-state index contributed by atoms with van der Waals surface area (Å²) >= 11 is 1.30. The van der Waals surface area contributed by atoms with Crippen molar-refractivity contribution in [1.82, 2.24) is 20.1 Å². The van der Waals surface area contributed by atoms with Gasteiger partial charge in [-0.05, 0) is 54.8 Å². The van der Waals surface area contributed by atoms with E-state index in [0.29, 0.717) is 22.3 Å². The summed E-state index contributed by atoms with van der Waals surface area (Å²) in [6, 6.07) is 14.2. The van der Waals surface area contributed by atoms with Gasteiger partial charge < -0.3 is 19.9 Å². The molecule has 1 atom stereocenters. The van der Waals surface area contributed by atoms with Crippen LogP contribution in [0.1, 0.15) is 41.6 Å². The number of anilines is 1. The molecule has 8 nitrogen and oxygen atoms in total. The number of hydrogen-bond acceptors (Lipinski definition) is 6. The number of nitrogens with one attached hydrogen (secondary N) is 2. The Morgan fingerprint density at radius 3 is 2.48 bits per heavy atom. The van der Waals surface area contributed by atoms with Gasteiger partial charge in [-0.25, -0.2) is 0 Å². The largest absolute Gasteiger partial charge is 0.497 e. The Morgan fingerprint density at radius 1 is 1.12 bits per heavy atom. The van der Waals surface area contributed by atoms with Gasteiger partial charge in [-0.15, -0.1) is 10.2 Å². The monoisotopic (exact) mass is 467 g/mol. The standard InChI is InChI=1S/C24H29N5O3S/c1-15(2)21(26-23(31)17-9-11-19(32-5)12-10-17)22-27-28-24(29(22)4)33-14-20(30)25-18-8-6-7-16(3)13-18/h6-13,15,21H,14H2,1-5H3,(H,25,30)(H,26,31). The second-order valence-corrected chi connectivity index (χ2v) is 8.97. The van der Waals surface area contributed by atoms with Gasteiger partial charge in [0.25, 0.3) is 5.91 Å². The van der Waals surface area contributed by atoms with Crippen molar-refractivity contribution in [3.63, 3.8) is 0 Å². The lowest BCUT2D eigenvalue weighted by atomic mass is 10.0. The van der Waals surface area contributed by atoms with Gasteiger partial charge in [0, 0.05) is 18.3 Å². The van der Waals surface area contributed by atoms with E-state index in [2.05, 4.69) is 20.8 Å². The molecule has 33 heavy (non-hydrogen) atoms. The van der Waals surface area contributed by atoms with E-state index in [1.165, 1.54) is 11.8 Å². The van der Waals surface area contributed by atoms with Gasteiger partial charge in [-0.2, -0.15) is 0 Å². The van der Waals surface area contributed by atoms with E-state index in [4.69, 9.17) is 4.74 Å². The van der Waals surface area contributed by atoms with Crippen molar-refractivity contribution in [3.05, 3.63) is 65.5 Å². The first-order chi connectivity index (χ1) is 15.8. The van der Waals surface area contributed by atoms with E-state index in [1.807, 2.05) is 56.7 Å². The highest BCUT2D eigenvalue weighted by molar-refractivity contribution is 7.99. The number of rotatable bonds is 9. The molecule has 1 unspecified atom stereocenters. The number of carbonyl (C=O) groups is 2. The van der Waals surface area contributed by atoms with Gasteiger partial charge in [0.15, 0.2) is 11.0 Å². The van der Waals surface area contributed by atoms with Crippen molar-refractivity contribution < 1.29 is 14.3 Å². The first kappa shape index (κ1) is 24.3. The van der Waals surface area contributed by atoms with Crippen LogP contribution in [0.5, 0.6) is 5.75 Å². The van der Waals surface area contributed by atoms with Crippen LogP contribution in [-0.2, 0) is 11.8 Å². The van der Waals surface area contributed by atoms with Crippen molar-refractivity contribution in [2.24, 2.45) is 13.0 Å². The van der Waals surface area contributed by atoms with Crippen molar-refractivity contribution in [2.75, 3.05) is 18.2 Å². The van der Waals surface area contributed by atoms with Gasteiger partial charge in [0.2, 0.25) is 5.91 Å². The lowest BCUT2D eigenvalue weighted by molar-refractivity contribution is -0.113. The normalized spacial score (nSPS) is 11.8. The SMILES string of the molecule is COc1ccc(C(=O)NC(c2nnc(SCC(=O)Nc3cccc(C)c3)n2C)C(C)C)cc1. The lowest BCUT2D eigenvalue weighted by Gasteiger charge is -2.21. The van der Waals surface area contributed by atoms with Crippen LogP contribution in [0.4, 0.5) is 5.69 Å². The van der Waals surface area contributed by atoms with E-state index in [1.54, 1.807) is 31.4 Å². The fourth-order valence-corrected chi connectivity index (χ4v) is 3.99. The van der Waals surface area contributed by atoms with Crippen LogP contribution < -0.4 is 15.4 Å². The highest BCUT2D eigenvalue weighted by Crippen LogP contribution is 2.25. The van der Waals surface area contributed by atoms with E-state index in [0.717, 1.165) is 11.3 Å². The topological polar surface area (TPSA) is 98.1 Å². The zero-order chi connectivity index (χ0) is 24.0. The minimum Gasteiger partial charge on any atom is -0.497 e. The fraction of sp³-hybridized carbons (Fsp3) is 0.333. The number of hydrogen-bond donors (Lipinski definition) is 2. The summed E-state index contributed by atoms with van der Waals surface area (Å²) in [4.78, 5) is 25.1. The fourth-order valence-electron chi connectivity index (χ4n) is 3.27. The lowest BCUT2D eigenvalue weighted by Crippen LogP contribution is -2.33. The molecule has 2 N–H and O–H groups in total. The molecule has 0 aliphatic rings. The minimum absolute atomic E-state index is 0.0811. The van der Waals surface area contributed by atoms with Crippen LogP contribution in [0.2, 0.25) is 0 Å². The maximum Gasteiger partial charge on any atom is 0.251 e. The summed E-state index contributed by atoms with van der Waals surface area (Å²) in [5.74, 6) is 1.28. The predicted molar refractivity (Wildman–Crippen MR) is 130 cm³/mol. The summed E-state index contributed by atoms with van der Waals surface area (Å²) in [6.45, 7) is 6.00. The maximum absolute atomic E-state index is 12.8. The minimum atomic E-state index is -0.340. The molecule has 3 aromatic rings. The van der Waals surface area contributed by atoms with E-state index < -0.39 is 0 Å². The zero-order valence-electron chi connectivity index (χ0n) is 19.5. The molecule has 3 rings (SSSR count). The zero-order valence-corrected chi connectivity index (χ0v) is 20.3. The Morgan fingerprint density at radius 2 is 1.85 bits per heavy atom. The number of aromatic nitrogens is 3. The molecule has 2 amide bonds. The number of thioether (sulfide) groups is 1. The average Bonchev–Trinajstić information content (AvgIpc) is 3.15. The molecule has 1 heterocycles. The molecule has 9 heteroatoms. The Labute approximate surface area is 198 Å². The van der Waals surface area contributed by atoms with Crippen molar-refractivity contribution in [2.45, 2.75) is 32.0 Å². The number of carbonyl (C=O) groups excluding carboxylic acids is 2. The molecule has 0 fully saturated rings. The molecule has 0 aliphatic heterocycles. The molecule has 174 valence electrons. The van der Waals surface area contributed by atoms with Crippen molar-refractivity contribution in [3.8, 4) is 5.75 Å². The molecular formula is C24H29N5O3S.